The predicted molar refractivity (Wildman–Crippen MR) is 88.7 cm³/mol. The molecule has 1 aliphatic heterocycles. The van der Waals surface area contributed by atoms with E-state index in [1.54, 1.807) is 12.1 Å². The van der Waals surface area contributed by atoms with Crippen LogP contribution in [0.25, 0.3) is 0 Å². The lowest BCUT2D eigenvalue weighted by Gasteiger charge is -2.13. The van der Waals surface area contributed by atoms with E-state index in [0.29, 0.717) is 31.0 Å². The summed E-state index contributed by atoms with van der Waals surface area (Å²) in [6.45, 7) is 4.49. The summed E-state index contributed by atoms with van der Waals surface area (Å²) < 4.78 is 11.2. The average molecular weight is 329 g/mol. The highest BCUT2D eigenvalue weighted by atomic mass is 35.5. The first-order valence-corrected chi connectivity index (χ1v) is 7.51. The molecule has 1 saturated heterocycles. The molecule has 1 aromatic rings. The fraction of sp³-hybridized carbons (Fsp3) is 0.562. The van der Waals surface area contributed by atoms with Crippen LogP contribution in [-0.2, 0) is 4.74 Å². The van der Waals surface area contributed by atoms with Gasteiger partial charge in [-0.3, -0.25) is 4.79 Å². The van der Waals surface area contributed by atoms with Crippen LogP contribution in [0, 0.1) is 5.92 Å². The van der Waals surface area contributed by atoms with Crippen molar-refractivity contribution in [1.29, 1.82) is 0 Å². The number of rotatable bonds is 7. The molecule has 6 heteroatoms. The molecule has 0 saturated carbocycles. The third kappa shape index (κ3) is 5.83. The smallest absolute Gasteiger partial charge is 0.251 e. The van der Waals surface area contributed by atoms with Crippen molar-refractivity contribution in [3.8, 4) is 5.75 Å². The summed E-state index contributed by atoms with van der Waals surface area (Å²) >= 11 is 0. The molecule has 0 aromatic heterocycles. The third-order valence-corrected chi connectivity index (χ3v) is 3.57. The van der Waals surface area contributed by atoms with E-state index in [9.17, 15) is 4.79 Å². The molecule has 1 aliphatic rings. The van der Waals surface area contributed by atoms with Crippen LogP contribution in [0.15, 0.2) is 24.3 Å². The van der Waals surface area contributed by atoms with Crippen molar-refractivity contribution < 1.29 is 14.3 Å². The molecule has 0 aliphatic carbocycles. The Morgan fingerprint density at radius 2 is 2.36 bits per heavy atom. The second-order valence-electron chi connectivity index (χ2n) is 5.52. The van der Waals surface area contributed by atoms with E-state index >= 15 is 0 Å². The molecule has 3 N–H and O–H groups in total. The van der Waals surface area contributed by atoms with Gasteiger partial charge in [-0.1, -0.05) is 13.0 Å². The van der Waals surface area contributed by atoms with Crippen LogP contribution in [0.2, 0.25) is 0 Å². The largest absolute Gasteiger partial charge is 0.491 e. The molecule has 0 radical (unpaired) electrons. The Kier molecular flexibility index (Phi) is 8.24. The second-order valence-corrected chi connectivity index (χ2v) is 5.52. The van der Waals surface area contributed by atoms with Crippen molar-refractivity contribution in [3.63, 3.8) is 0 Å². The van der Waals surface area contributed by atoms with E-state index in [1.807, 2.05) is 19.1 Å². The second kappa shape index (κ2) is 9.66. The zero-order valence-corrected chi connectivity index (χ0v) is 13.7. The lowest BCUT2D eigenvalue weighted by atomic mass is 10.1. The summed E-state index contributed by atoms with van der Waals surface area (Å²) in [6.07, 6.45) is 2.31. The maximum atomic E-state index is 12.0. The summed E-state index contributed by atoms with van der Waals surface area (Å²) in [7, 11) is 0. The quantitative estimate of drug-likeness (QED) is 0.803. The summed E-state index contributed by atoms with van der Waals surface area (Å²) in [6, 6.07) is 7.22. The number of hydrogen-bond donors (Lipinski definition) is 2. The monoisotopic (exact) mass is 328 g/mol. The van der Waals surface area contributed by atoms with Gasteiger partial charge in [-0.15, -0.1) is 12.4 Å². The first kappa shape index (κ1) is 18.7. The van der Waals surface area contributed by atoms with Crippen molar-refractivity contribution >= 4 is 18.3 Å². The lowest BCUT2D eigenvalue weighted by Crippen LogP contribution is -2.31. The van der Waals surface area contributed by atoms with Crippen molar-refractivity contribution in [1.82, 2.24) is 5.32 Å². The zero-order valence-electron chi connectivity index (χ0n) is 12.9. The van der Waals surface area contributed by atoms with Crippen LogP contribution in [0.5, 0.6) is 5.75 Å². The molecule has 5 nitrogen and oxygen atoms in total. The van der Waals surface area contributed by atoms with Crippen LogP contribution < -0.4 is 15.8 Å². The molecule has 1 heterocycles. The van der Waals surface area contributed by atoms with E-state index in [4.69, 9.17) is 15.2 Å². The van der Waals surface area contributed by atoms with Crippen LogP contribution in [-0.4, -0.2) is 38.3 Å². The Balaban J connectivity index is 0.00000242. The van der Waals surface area contributed by atoms with Crippen LogP contribution in [0.1, 0.15) is 30.1 Å². The maximum absolute atomic E-state index is 12.0. The molecule has 124 valence electrons. The minimum Gasteiger partial charge on any atom is -0.491 e. The number of amides is 1. The Morgan fingerprint density at radius 3 is 3.05 bits per heavy atom. The molecule has 2 rings (SSSR count). The van der Waals surface area contributed by atoms with E-state index in [2.05, 4.69) is 5.32 Å². The first-order chi connectivity index (χ1) is 10.2. The van der Waals surface area contributed by atoms with Gasteiger partial charge >= 0.3 is 0 Å². The van der Waals surface area contributed by atoms with Gasteiger partial charge in [0, 0.05) is 18.7 Å². The highest BCUT2D eigenvalue weighted by Crippen LogP contribution is 2.17. The van der Waals surface area contributed by atoms with Gasteiger partial charge in [0.1, 0.15) is 12.4 Å². The van der Waals surface area contributed by atoms with Crippen molar-refractivity contribution in [2.24, 2.45) is 11.7 Å². The molecule has 1 fully saturated rings. The molecular formula is C16H25ClN2O3. The number of nitrogens with two attached hydrogens (primary N) is 1. The normalized spacial score (nSPS) is 18.4. The zero-order chi connectivity index (χ0) is 15.1. The lowest BCUT2D eigenvalue weighted by molar-refractivity contribution is 0.0679. The van der Waals surface area contributed by atoms with Gasteiger partial charge in [0.05, 0.1) is 6.10 Å². The topological polar surface area (TPSA) is 73.6 Å². The van der Waals surface area contributed by atoms with Gasteiger partial charge in [-0.25, -0.2) is 0 Å². The number of carbonyl (C=O) groups is 1. The van der Waals surface area contributed by atoms with Gasteiger partial charge in [-0.2, -0.15) is 0 Å². The first-order valence-electron chi connectivity index (χ1n) is 7.51. The summed E-state index contributed by atoms with van der Waals surface area (Å²) in [5.74, 6) is 0.871. The molecule has 2 atom stereocenters. The third-order valence-electron chi connectivity index (χ3n) is 3.57. The average Bonchev–Trinajstić information content (AvgIpc) is 3.04. The molecule has 1 amide bonds. The van der Waals surface area contributed by atoms with Crippen LogP contribution in [0.3, 0.4) is 0 Å². The highest BCUT2D eigenvalue weighted by Gasteiger charge is 2.16. The number of halogens is 1. The van der Waals surface area contributed by atoms with Gasteiger partial charge in [0.2, 0.25) is 0 Å². The number of carbonyl (C=O) groups excluding carboxylic acids is 1. The number of ether oxygens (including phenoxy) is 2. The van der Waals surface area contributed by atoms with Gasteiger partial charge in [0.25, 0.3) is 5.91 Å². The Bertz CT molecular complexity index is 464. The van der Waals surface area contributed by atoms with Crippen molar-refractivity contribution in [2.75, 3.05) is 26.3 Å². The van der Waals surface area contributed by atoms with E-state index < -0.39 is 0 Å². The van der Waals surface area contributed by atoms with Crippen molar-refractivity contribution in [3.05, 3.63) is 29.8 Å². The fourth-order valence-electron chi connectivity index (χ4n) is 2.14. The van der Waals surface area contributed by atoms with Gasteiger partial charge in [0.15, 0.2) is 0 Å². The van der Waals surface area contributed by atoms with Gasteiger partial charge in [-0.05, 0) is 43.5 Å². The summed E-state index contributed by atoms with van der Waals surface area (Å²) in [5.41, 5.74) is 6.14. The molecular weight excluding hydrogens is 304 g/mol. The number of benzene rings is 1. The number of hydrogen-bond acceptors (Lipinski definition) is 4. The minimum atomic E-state index is -0.0992. The van der Waals surface area contributed by atoms with Crippen LogP contribution in [0.4, 0.5) is 0 Å². The Labute approximate surface area is 138 Å². The molecule has 0 bridgehead atoms. The molecule has 1 aromatic carbocycles. The summed E-state index contributed by atoms with van der Waals surface area (Å²) in [4.78, 5) is 12.0. The van der Waals surface area contributed by atoms with E-state index in [0.717, 1.165) is 19.4 Å². The minimum absolute atomic E-state index is 0. The highest BCUT2D eigenvalue weighted by molar-refractivity contribution is 5.94. The SMILES string of the molecule is CC(CN)CNC(=O)c1cccc(OCC2CCCO2)c1.Cl. The predicted octanol–water partition coefficient (Wildman–Crippen LogP) is 1.99. The maximum Gasteiger partial charge on any atom is 0.251 e. The van der Waals surface area contributed by atoms with E-state index in [1.165, 1.54) is 0 Å². The van der Waals surface area contributed by atoms with E-state index in [-0.39, 0.29) is 30.3 Å². The Hall–Kier alpha value is -1.30. The molecule has 22 heavy (non-hydrogen) atoms. The standard InChI is InChI=1S/C16H24N2O3.ClH/c1-12(9-17)10-18-16(19)13-4-2-5-14(8-13)21-11-15-6-3-7-20-15;/h2,4-5,8,12,15H,3,6-7,9-11,17H2,1H3,(H,18,19);1H. The van der Waals surface area contributed by atoms with Gasteiger partial charge < -0.3 is 20.5 Å². The molecule has 2 unspecified atom stereocenters. The Morgan fingerprint density at radius 1 is 1.55 bits per heavy atom. The fourth-order valence-corrected chi connectivity index (χ4v) is 2.14. The van der Waals surface area contributed by atoms with Crippen LogP contribution >= 0.6 is 12.4 Å². The molecule has 0 spiro atoms. The van der Waals surface area contributed by atoms with Crippen molar-refractivity contribution in [2.45, 2.75) is 25.9 Å². The summed E-state index contributed by atoms with van der Waals surface area (Å²) in [5, 5.41) is 2.87. The number of nitrogens with one attached hydrogen (secondary N) is 1.